The largest absolute Gasteiger partial charge is 0.521 e. The third-order valence-electron chi connectivity index (χ3n) is 2.05. The van der Waals surface area contributed by atoms with Crippen molar-refractivity contribution in [3.05, 3.63) is 35.4 Å². The van der Waals surface area contributed by atoms with Gasteiger partial charge in [0.25, 0.3) is 0 Å². The van der Waals surface area contributed by atoms with Gasteiger partial charge in [-0.05, 0) is 24.5 Å². The molecule has 0 amide bonds. The highest BCUT2D eigenvalue weighted by Crippen LogP contribution is 2.11. The summed E-state index contributed by atoms with van der Waals surface area (Å²) in [7, 11) is 0. The monoisotopic (exact) mass is 224 g/mol. The van der Waals surface area contributed by atoms with Gasteiger partial charge in [-0.15, -0.1) is 0 Å². The van der Waals surface area contributed by atoms with Gasteiger partial charge in [-0.25, -0.2) is 4.79 Å². The second-order valence-corrected chi connectivity index (χ2v) is 3.07. The lowest BCUT2D eigenvalue weighted by molar-refractivity contribution is 0.0695. The Balaban J connectivity index is 0.000000921. The molecule has 0 radical (unpaired) electrons. The third-order valence-corrected chi connectivity index (χ3v) is 2.05. The molecule has 2 N–H and O–H groups in total. The normalized spacial score (nSPS) is 8.93. The Morgan fingerprint density at radius 3 is 2.47 bits per heavy atom. The highest BCUT2D eigenvalue weighted by molar-refractivity contribution is 5.95. The van der Waals surface area contributed by atoms with Crippen LogP contribution in [0.25, 0.3) is 0 Å². The summed E-state index contributed by atoms with van der Waals surface area (Å²) in [6.45, 7) is 2.10. The van der Waals surface area contributed by atoms with E-state index in [0.717, 1.165) is 24.8 Å². The fourth-order valence-corrected chi connectivity index (χ4v) is 1.31. The summed E-state index contributed by atoms with van der Waals surface area (Å²) in [5.74, 6) is -0.827. The predicted molar refractivity (Wildman–Crippen MR) is 62.8 cm³/mol. The van der Waals surface area contributed by atoms with E-state index >= 15 is 0 Å². The van der Waals surface area contributed by atoms with E-state index in [-0.39, 0.29) is 0 Å². The molecule has 0 bridgehead atoms. The van der Waals surface area contributed by atoms with Crippen LogP contribution in [-0.2, 0) is 6.42 Å². The zero-order chi connectivity index (χ0) is 11.7. The molecule has 0 saturated carbocycles. The Bertz CT molecular complexity index is 300. The lowest BCUT2D eigenvalue weighted by atomic mass is 10.0. The van der Waals surface area contributed by atoms with E-state index in [1.54, 1.807) is 12.1 Å². The fraction of sp³-hybridized carbons (Fsp3) is 0.364. The van der Waals surface area contributed by atoms with E-state index < -0.39 is 5.97 Å². The first-order valence-corrected chi connectivity index (χ1v) is 5.91. The van der Waals surface area contributed by atoms with Crippen molar-refractivity contribution in [2.24, 2.45) is 0 Å². The van der Waals surface area contributed by atoms with E-state index in [0.29, 0.717) is 22.2 Å². The maximum Gasteiger partial charge on any atom is 0.407 e. The lowest BCUT2D eigenvalue weighted by Crippen LogP contribution is -2.01. The molecule has 0 aromatic heterocycles. The van der Waals surface area contributed by atoms with Crippen molar-refractivity contribution < 1.29 is 14.1 Å². The Kier molecular flexibility index (Phi) is 8.02. The van der Waals surface area contributed by atoms with Crippen LogP contribution in [-0.4, -0.2) is 31.9 Å². The molecule has 0 spiro atoms. The minimum atomic E-state index is -0.827. The van der Waals surface area contributed by atoms with Gasteiger partial charge in [0.15, 0.2) is 0 Å². The number of benzene rings is 1. The van der Waals surface area contributed by atoms with Crippen molar-refractivity contribution >= 4 is 22.6 Å². The quantitative estimate of drug-likeness (QED) is 0.757. The molecule has 1 aromatic rings. The van der Waals surface area contributed by atoms with Gasteiger partial charge in [0.05, 0.1) is 5.56 Å². The van der Waals surface area contributed by atoms with Gasteiger partial charge in [-0.1, -0.05) is 31.5 Å². The molecule has 0 saturated heterocycles. The number of aromatic carboxylic acids is 1. The summed E-state index contributed by atoms with van der Waals surface area (Å²) >= 11 is 0.306. The van der Waals surface area contributed by atoms with Crippen molar-refractivity contribution in [3.8, 4) is 0 Å². The van der Waals surface area contributed by atoms with Gasteiger partial charge in [-0.3, -0.25) is 0 Å². The van der Waals surface area contributed by atoms with Crippen molar-refractivity contribution in [1.82, 2.24) is 0 Å². The second-order valence-electron chi connectivity index (χ2n) is 3.07. The van der Waals surface area contributed by atoms with Crippen molar-refractivity contribution in [2.75, 3.05) is 0 Å². The van der Waals surface area contributed by atoms with Crippen molar-refractivity contribution in [2.45, 2.75) is 26.2 Å². The summed E-state index contributed by atoms with van der Waals surface area (Å²) in [4.78, 5) is 10.8. The fourth-order valence-electron chi connectivity index (χ4n) is 1.31. The summed E-state index contributed by atoms with van der Waals surface area (Å²) in [6, 6.07) is 7.20. The van der Waals surface area contributed by atoms with Gasteiger partial charge >= 0.3 is 22.6 Å². The summed E-state index contributed by atoms with van der Waals surface area (Å²) in [5.41, 5.74) is 1.38. The number of rotatable bonds is 4. The molecule has 4 heteroatoms. The molecular formula is C11H17AlO3. The molecule has 0 atom stereocenters. The topological polar surface area (TPSA) is 57.5 Å². The second kappa shape index (κ2) is 8.49. The Morgan fingerprint density at radius 2 is 1.93 bits per heavy atom. The standard InChI is InChI=1S/C11H14O2.Al.H2O.2H/c1-2-3-6-9-7-4-5-8-10(9)11(12)13;;;;/h4-5,7-8H,2-3,6H2,1H3,(H,12,13);;1H2;;/q;+1;;;/p-1. The molecule has 0 aliphatic heterocycles. The summed E-state index contributed by atoms with van der Waals surface area (Å²) in [6.07, 6.45) is 3.00. The predicted octanol–water partition coefficient (Wildman–Crippen LogP) is 1.25. The average molecular weight is 224 g/mol. The van der Waals surface area contributed by atoms with Gasteiger partial charge in [0.1, 0.15) is 0 Å². The maximum atomic E-state index is 10.8. The maximum absolute atomic E-state index is 10.8. The van der Waals surface area contributed by atoms with Crippen LogP contribution >= 0.6 is 0 Å². The third kappa shape index (κ3) is 4.99. The van der Waals surface area contributed by atoms with Crippen LogP contribution in [0.2, 0.25) is 0 Å². The molecule has 1 rings (SSSR count). The minimum Gasteiger partial charge on any atom is -0.521 e. The van der Waals surface area contributed by atoms with E-state index in [4.69, 9.17) is 9.26 Å². The number of carboxylic acid groups (broad SMARTS) is 1. The van der Waals surface area contributed by atoms with Crippen LogP contribution in [0, 0.1) is 0 Å². The highest BCUT2D eigenvalue weighted by atomic mass is 27.1. The van der Waals surface area contributed by atoms with Gasteiger partial charge in [-0.2, -0.15) is 0 Å². The minimum absolute atomic E-state index is 0.306. The van der Waals surface area contributed by atoms with E-state index in [1.165, 1.54) is 0 Å². The molecule has 3 nitrogen and oxygen atoms in total. The number of hydrogen-bond acceptors (Lipinski definition) is 2. The first-order valence-electron chi connectivity index (χ1n) is 5.01. The first kappa shape index (κ1) is 14.2. The smallest absolute Gasteiger partial charge is 0.407 e. The molecule has 0 aliphatic rings. The molecular weight excluding hydrogens is 207 g/mol. The van der Waals surface area contributed by atoms with Crippen LogP contribution in [0.15, 0.2) is 24.3 Å². The Morgan fingerprint density at radius 1 is 1.33 bits per heavy atom. The van der Waals surface area contributed by atoms with E-state index in [1.807, 2.05) is 12.1 Å². The molecule has 15 heavy (non-hydrogen) atoms. The van der Waals surface area contributed by atoms with Crippen LogP contribution < -0.4 is 0 Å². The number of carbonyl (C=O) groups is 1. The summed E-state index contributed by atoms with van der Waals surface area (Å²) < 4.78 is 7.14. The molecule has 0 aliphatic carbocycles. The SMILES string of the molecule is CCCCc1ccccc1C(=O)O.[OH][AlH2]. The molecule has 0 fully saturated rings. The zero-order valence-corrected chi connectivity index (χ0v) is 11.2. The lowest BCUT2D eigenvalue weighted by Gasteiger charge is -2.03. The molecule has 0 heterocycles. The van der Waals surface area contributed by atoms with Gasteiger partial charge in [0, 0.05) is 0 Å². The van der Waals surface area contributed by atoms with E-state index in [2.05, 4.69) is 6.92 Å². The average Bonchev–Trinajstić information content (AvgIpc) is 2.29. The Labute approximate surface area is 98.5 Å². The summed E-state index contributed by atoms with van der Waals surface area (Å²) in [5, 5.41) is 8.86. The van der Waals surface area contributed by atoms with Gasteiger partial charge in [0.2, 0.25) is 0 Å². The van der Waals surface area contributed by atoms with E-state index in [9.17, 15) is 4.79 Å². The first-order chi connectivity index (χ1) is 7.25. The van der Waals surface area contributed by atoms with Crippen LogP contribution in [0.5, 0.6) is 0 Å². The molecule has 0 unspecified atom stereocenters. The Hall–Kier alpha value is -0.818. The van der Waals surface area contributed by atoms with Crippen LogP contribution in [0.4, 0.5) is 0 Å². The number of aryl methyl sites for hydroxylation is 1. The molecule has 1 aromatic carbocycles. The van der Waals surface area contributed by atoms with Crippen LogP contribution in [0.1, 0.15) is 35.7 Å². The van der Waals surface area contributed by atoms with Crippen LogP contribution in [0.3, 0.4) is 0 Å². The van der Waals surface area contributed by atoms with Gasteiger partial charge < -0.3 is 9.26 Å². The zero-order valence-electron chi connectivity index (χ0n) is 9.23. The molecule has 82 valence electrons. The number of unbranched alkanes of at least 4 members (excludes halogenated alkanes) is 1. The number of hydrogen-bond donors (Lipinski definition) is 2. The van der Waals surface area contributed by atoms with Crippen molar-refractivity contribution in [1.29, 1.82) is 0 Å². The van der Waals surface area contributed by atoms with Crippen molar-refractivity contribution in [3.63, 3.8) is 0 Å². The number of carboxylic acids is 1. The highest BCUT2D eigenvalue weighted by Gasteiger charge is 2.07.